The van der Waals surface area contributed by atoms with E-state index in [1.807, 2.05) is 0 Å². The molecule has 1 saturated carbocycles. The van der Waals surface area contributed by atoms with Crippen molar-refractivity contribution in [2.75, 3.05) is 26.2 Å². The zero-order chi connectivity index (χ0) is 15.3. The number of ether oxygens (including phenoxy) is 1. The molecule has 3 heteroatoms. The summed E-state index contributed by atoms with van der Waals surface area (Å²) in [6.45, 7) is 13.3. The molecule has 21 heavy (non-hydrogen) atoms. The van der Waals surface area contributed by atoms with Crippen molar-refractivity contribution in [2.45, 2.75) is 83.9 Å². The largest absolute Gasteiger partial charge is 0.377 e. The fraction of sp³-hybridized carbons (Fsp3) is 1.00. The summed E-state index contributed by atoms with van der Waals surface area (Å²) in [6.07, 6.45) is 8.58. The van der Waals surface area contributed by atoms with Crippen molar-refractivity contribution in [3.05, 3.63) is 0 Å². The number of rotatable bonds is 6. The van der Waals surface area contributed by atoms with E-state index in [2.05, 4.69) is 37.9 Å². The minimum Gasteiger partial charge on any atom is -0.377 e. The first-order valence-electron chi connectivity index (χ1n) is 9.17. The topological polar surface area (TPSA) is 24.5 Å². The smallest absolute Gasteiger partial charge is 0.0597 e. The summed E-state index contributed by atoms with van der Waals surface area (Å²) in [5.41, 5.74) is 0.419. The first-order chi connectivity index (χ1) is 10.1. The zero-order valence-electron chi connectivity index (χ0n) is 14.7. The molecular weight excluding hydrogens is 260 g/mol. The Kier molecular flexibility index (Phi) is 6.51. The van der Waals surface area contributed by atoms with Crippen LogP contribution < -0.4 is 5.32 Å². The Labute approximate surface area is 131 Å². The fourth-order valence-corrected chi connectivity index (χ4v) is 4.02. The van der Waals surface area contributed by atoms with Crippen LogP contribution in [0.2, 0.25) is 0 Å². The fourth-order valence-electron chi connectivity index (χ4n) is 4.02. The molecule has 2 fully saturated rings. The van der Waals surface area contributed by atoms with Crippen LogP contribution in [0.25, 0.3) is 0 Å². The summed E-state index contributed by atoms with van der Waals surface area (Å²) in [6, 6.07) is 0.654. The zero-order valence-corrected chi connectivity index (χ0v) is 14.7. The lowest BCUT2D eigenvalue weighted by molar-refractivity contribution is -0.0270. The van der Waals surface area contributed by atoms with Gasteiger partial charge >= 0.3 is 0 Å². The molecule has 2 rings (SSSR count). The van der Waals surface area contributed by atoms with Crippen LogP contribution in [0.4, 0.5) is 0 Å². The lowest BCUT2D eigenvalue weighted by Crippen LogP contribution is -2.66. The molecule has 124 valence electrons. The third-order valence-electron chi connectivity index (χ3n) is 5.71. The highest BCUT2D eigenvalue weighted by Crippen LogP contribution is 2.36. The molecule has 1 aliphatic carbocycles. The standard InChI is InChI=1S/C18H36N2O/c1-5-16(4)17-13-20(11-12-21-15(2)3)18(14-19-17)9-7-6-8-10-18/h15-17,19H,5-14H2,1-4H3. The second-order valence-corrected chi connectivity index (χ2v) is 7.52. The molecule has 0 aromatic heterocycles. The van der Waals surface area contributed by atoms with Crippen LogP contribution in [0.1, 0.15) is 66.2 Å². The SMILES string of the molecule is CCC(C)C1CN(CCOC(C)C)C2(CCCCC2)CN1. The summed E-state index contributed by atoms with van der Waals surface area (Å²) in [4.78, 5) is 2.78. The van der Waals surface area contributed by atoms with Crippen LogP contribution in [-0.4, -0.2) is 48.8 Å². The van der Waals surface area contributed by atoms with Crippen molar-refractivity contribution in [3.63, 3.8) is 0 Å². The normalized spacial score (nSPS) is 28.1. The van der Waals surface area contributed by atoms with Crippen molar-refractivity contribution < 1.29 is 4.74 Å². The van der Waals surface area contributed by atoms with Crippen molar-refractivity contribution in [1.29, 1.82) is 0 Å². The molecule has 0 amide bonds. The van der Waals surface area contributed by atoms with Gasteiger partial charge in [-0.15, -0.1) is 0 Å². The van der Waals surface area contributed by atoms with Gasteiger partial charge in [0, 0.05) is 31.2 Å². The molecule has 0 aromatic rings. The minimum atomic E-state index is 0.348. The molecule has 1 N–H and O–H groups in total. The molecule has 1 spiro atoms. The molecule has 1 heterocycles. The molecule has 3 nitrogen and oxygen atoms in total. The Balaban J connectivity index is 1.98. The van der Waals surface area contributed by atoms with Crippen LogP contribution >= 0.6 is 0 Å². The number of nitrogens with zero attached hydrogens (tertiary/aromatic N) is 1. The predicted octanol–water partition coefficient (Wildman–Crippen LogP) is 3.43. The highest BCUT2D eigenvalue weighted by atomic mass is 16.5. The van der Waals surface area contributed by atoms with Crippen molar-refractivity contribution in [3.8, 4) is 0 Å². The van der Waals surface area contributed by atoms with Gasteiger partial charge < -0.3 is 10.1 Å². The quantitative estimate of drug-likeness (QED) is 0.812. The van der Waals surface area contributed by atoms with E-state index in [-0.39, 0.29) is 0 Å². The first kappa shape index (κ1) is 17.2. The molecule has 2 aliphatic rings. The molecular formula is C18H36N2O. The monoisotopic (exact) mass is 296 g/mol. The number of piperazine rings is 1. The van der Waals surface area contributed by atoms with E-state index in [9.17, 15) is 0 Å². The molecule has 0 bridgehead atoms. The summed E-state index contributed by atoms with van der Waals surface area (Å²) < 4.78 is 5.84. The highest BCUT2D eigenvalue weighted by molar-refractivity contribution is 5.01. The van der Waals surface area contributed by atoms with Gasteiger partial charge in [0.25, 0.3) is 0 Å². The lowest BCUT2D eigenvalue weighted by Gasteiger charge is -2.53. The Morgan fingerprint density at radius 3 is 2.52 bits per heavy atom. The second kappa shape index (κ2) is 7.94. The molecule has 2 unspecified atom stereocenters. The Morgan fingerprint density at radius 2 is 1.90 bits per heavy atom. The van der Waals surface area contributed by atoms with E-state index in [0.717, 1.165) is 19.1 Å². The summed E-state index contributed by atoms with van der Waals surface area (Å²) in [7, 11) is 0. The van der Waals surface area contributed by atoms with E-state index < -0.39 is 0 Å². The van der Waals surface area contributed by atoms with Gasteiger partial charge in [0.2, 0.25) is 0 Å². The number of hydrogen-bond donors (Lipinski definition) is 1. The van der Waals surface area contributed by atoms with E-state index in [0.29, 0.717) is 17.7 Å². The van der Waals surface area contributed by atoms with Gasteiger partial charge in [0.15, 0.2) is 0 Å². The third-order valence-corrected chi connectivity index (χ3v) is 5.71. The molecule has 1 aliphatic heterocycles. The molecule has 0 radical (unpaired) electrons. The molecule has 2 atom stereocenters. The lowest BCUT2D eigenvalue weighted by atomic mass is 9.77. The summed E-state index contributed by atoms with van der Waals surface area (Å²) in [5.74, 6) is 0.763. The number of hydrogen-bond acceptors (Lipinski definition) is 3. The van der Waals surface area contributed by atoms with Crippen LogP contribution in [-0.2, 0) is 4.74 Å². The van der Waals surface area contributed by atoms with Crippen LogP contribution in [0.15, 0.2) is 0 Å². The Morgan fingerprint density at radius 1 is 1.19 bits per heavy atom. The van der Waals surface area contributed by atoms with Gasteiger partial charge in [-0.3, -0.25) is 4.90 Å². The van der Waals surface area contributed by atoms with E-state index in [4.69, 9.17) is 4.74 Å². The van der Waals surface area contributed by atoms with Gasteiger partial charge in [-0.25, -0.2) is 0 Å². The third kappa shape index (κ3) is 4.43. The van der Waals surface area contributed by atoms with Crippen LogP contribution in [0.3, 0.4) is 0 Å². The van der Waals surface area contributed by atoms with Crippen molar-refractivity contribution in [1.82, 2.24) is 10.2 Å². The second-order valence-electron chi connectivity index (χ2n) is 7.52. The van der Waals surface area contributed by atoms with Gasteiger partial charge in [0.05, 0.1) is 12.7 Å². The Bertz CT molecular complexity index is 300. The van der Waals surface area contributed by atoms with Crippen LogP contribution in [0, 0.1) is 5.92 Å². The van der Waals surface area contributed by atoms with Gasteiger partial charge in [-0.1, -0.05) is 39.5 Å². The van der Waals surface area contributed by atoms with E-state index >= 15 is 0 Å². The average Bonchev–Trinajstić information content (AvgIpc) is 2.49. The van der Waals surface area contributed by atoms with Crippen LogP contribution in [0.5, 0.6) is 0 Å². The minimum absolute atomic E-state index is 0.348. The van der Waals surface area contributed by atoms with E-state index in [1.165, 1.54) is 51.6 Å². The summed E-state index contributed by atoms with van der Waals surface area (Å²) >= 11 is 0. The van der Waals surface area contributed by atoms with Gasteiger partial charge in [0.1, 0.15) is 0 Å². The summed E-state index contributed by atoms with van der Waals surface area (Å²) in [5, 5.41) is 3.88. The maximum Gasteiger partial charge on any atom is 0.0597 e. The molecule has 1 saturated heterocycles. The average molecular weight is 296 g/mol. The van der Waals surface area contributed by atoms with Crippen molar-refractivity contribution in [2.24, 2.45) is 5.92 Å². The van der Waals surface area contributed by atoms with Gasteiger partial charge in [-0.05, 0) is 32.6 Å². The predicted molar refractivity (Wildman–Crippen MR) is 89.7 cm³/mol. The Hall–Kier alpha value is -0.120. The first-order valence-corrected chi connectivity index (χ1v) is 9.17. The number of nitrogens with one attached hydrogen (secondary N) is 1. The van der Waals surface area contributed by atoms with E-state index in [1.54, 1.807) is 0 Å². The van der Waals surface area contributed by atoms with Crippen molar-refractivity contribution >= 4 is 0 Å². The highest BCUT2D eigenvalue weighted by Gasteiger charge is 2.42. The maximum absolute atomic E-state index is 5.84. The maximum atomic E-state index is 5.84. The van der Waals surface area contributed by atoms with Gasteiger partial charge in [-0.2, -0.15) is 0 Å². The molecule has 0 aromatic carbocycles.